The zero-order valence-electron chi connectivity index (χ0n) is 11.3. The Hall–Kier alpha value is -1.94. The average molecular weight is 344 g/mol. The van der Waals surface area contributed by atoms with Crippen LogP contribution in [0.1, 0.15) is 28.3 Å². The zero-order chi connectivity index (χ0) is 14.8. The van der Waals surface area contributed by atoms with Crippen molar-refractivity contribution in [3.8, 4) is 0 Å². The molecule has 3 nitrogen and oxygen atoms in total. The van der Waals surface area contributed by atoms with E-state index in [1.165, 1.54) is 4.90 Å². The van der Waals surface area contributed by atoms with Gasteiger partial charge in [0, 0.05) is 23.4 Å². The van der Waals surface area contributed by atoms with E-state index in [4.69, 9.17) is 0 Å². The van der Waals surface area contributed by atoms with Crippen molar-refractivity contribution in [3.05, 3.63) is 70.2 Å². The quantitative estimate of drug-likeness (QED) is 0.781. The molecule has 2 aromatic carbocycles. The molecule has 1 saturated heterocycles. The molecule has 1 heterocycles. The van der Waals surface area contributed by atoms with Gasteiger partial charge in [-0.25, -0.2) is 0 Å². The minimum Gasteiger partial charge on any atom is -0.278 e. The molecule has 2 amide bonds. The lowest BCUT2D eigenvalue weighted by molar-refractivity contribution is -0.125. The summed E-state index contributed by atoms with van der Waals surface area (Å²) < 4.78 is 0.714. The maximum Gasteiger partial charge on any atom is 0.261 e. The summed E-state index contributed by atoms with van der Waals surface area (Å²) in [5.74, 6) is -0.249. The molecule has 0 radical (unpaired) electrons. The van der Waals surface area contributed by atoms with Crippen LogP contribution in [0.3, 0.4) is 0 Å². The van der Waals surface area contributed by atoms with Gasteiger partial charge in [-0.15, -0.1) is 0 Å². The standard InChI is InChI=1S/C17H14BrNO2/c18-15-9-5-4-8-14(15)17(21)19-11-13(10-16(19)20)12-6-2-1-3-7-12/h1-9,13H,10-11H2/t13-/m0/s1. The number of likely N-dealkylation sites (tertiary alicyclic amines) is 1. The number of benzene rings is 2. The molecule has 0 spiro atoms. The summed E-state index contributed by atoms with van der Waals surface area (Å²) in [4.78, 5) is 26.1. The molecular formula is C17H14BrNO2. The molecule has 1 aliphatic rings. The first-order valence-electron chi connectivity index (χ1n) is 6.81. The Morgan fingerprint density at radius 1 is 1.05 bits per heavy atom. The van der Waals surface area contributed by atoms with Crippen LogP contribution in [0.2, 0.25) is 0 Å². The second-order valence-corrected chi connectivity index (χ2v) is 5.96. The summed E-state index contributed by atoms with van der Waals surface area (Å²) in [6.45, 7) is 0.447. The van der Waals surface area contributed by atoms with Crippen LogP contribution in [-0.2, 0) is 4.79 Å². The van der Waals surface area contributed by atoms with Crippen molar-refractivity contribution in [1.82, 2.24) is 4.90 Å². The lowest BCUT2D eigenvalue weighted by Crippen LogP contribution is -2.32. The third-order valence-corrected chi connectivity index (χ3v) is 4.44. The van der Waals surface area contributed by atoms with E-state index in [0.717, 1.165) is 5.56 Å². The fourth-order valence-corrected chi connectivity index (χ4v) is 3.09. The van der Waals surface area contributed by atoms with Crippen LogP contribution in [0.25, 0.3) is 0 Å². The molecule has 4 heteroatoms. The van der Waals surface area contributed by atoms with Gasteiger partial charge in [-0.3, -0.25) is 14.5 Å². The second-order valence-electron chi connectivity index (χ2n) is 5.10. The van der Waals surface area contributed by atoms with Crippen molar-refractivity contribution in [2.75, 3.05) is 6.54 Å². The number of hydrogen-bond acceptors (Lipinski definition) is 2. The Balaban J connectivity index is 1.83. The molecule has 3 rings (SSSR count). The Labute approximate surface area is 131 Å². The Morgan fingerprint density at radius 2 is 1.71 bits per heavy atom. The van der Waals surface area contributed by atoms with Crippen molar-refractivity contribution in [3.63, 3.8) is 0 Å². The monoisotopic (exact) mass is 343 g/mol. The second kappa shape index (κ2) is 5.82. The zero-order valence-corrected chi connectivity index (χ0v) is 12.9. The predicted octanol–water partition coefficient (Wildman–Crippen LogP) is 3.61. The van der Waals surface area contributed by atoms with E-state index in [1.807, 2.05) is 42.5 Å². The van der Waals surface area contributed by atoms with Gasteiger partial charge < -0.3 is 0 Å². The highest BCUT2D eigenvalue weighted by Gasteiger charge is 2.35. The van der Waals surface area contributed by atoms with Gasteiger partial charge in [-0.1, -0.05) is 42.5 Å². The summed E-state index contributed by atoms with van der Waals surface area (Å²) in [7, 11) is 0. The van der Waals surface area contributed by atoms with Gasteiger partial charge in [0.05, 0.1) is 5.56 Å². The molecule has 0 saturated carbocycles. The van der Waals surface area contributed by atoms with Gasteiger partial charge in [-0.2, -0.15) is 0 Å². The minimum atomic E-state index is -0.231. The van der Waals surface area contributed by atoms with E-state index >= 15 is 0 Å². The molecule has 1 atom stereocenters. The number of carbonyl (C=O) groups is 2. The van der Waals surface area contributed by atoms with E-state index in [9.17, 15) is 9.59 Å². The van der Waals surface area contributed by atoms with Gasteiger partial charge >= 0.3 is 0 Å². The van der Waals surface area contributed by atoms with Crippen molar-refractivity contribution < 1.29 is 9.59 Å². The summed E-state index contributed by atoms with van der Waals surface area (Å²) in [6.07, 6.45) is 0.389. The number of nitrogens with zero attached hydrogens (tertiary/aromatic N) is 1. The molecule has 1 aliphatic heterocycles. The van der Waals surface area contributed by atoms with Crippen LogP contribution in [0, 0.1) is 0 Å². The summed E-state index contributed by atoms with van der Waals surface area (Å²) in [5.41, 5.74) is 1.63. The van der Waals surface area contributed by atoms with Crippen LogP contribution in [-0.4, -0.2) is 23.3 Å². The maximum absolute atomic E-state index is 12.5. The van der Waals surface area contributed by atoms with E-state index in [2.05, 4.69) is 15.9 Å². The van der Waals surface area contributed by atoms with Gasteiger partial charge in [0.1, 0.15) is 0 Å². The van der Waals surface area contributed by atoms with Gasteiger partial charge in [0.25, 0.3) is 5.91 Å². The van der Waals surface area contributed by atoms with Crippen molar-refractivity contribution >= 4 is 27.7 Å². The molecular weight excluding hydrogens is 330 g/mol. The molecule has 0 aliphatic carbocycles. The van der Waals surface area contributed by atoms with Gasteiger partial charge in [-0.05, 0) is 33.6 Å². The topological polar surface area (TPSA) is 37.4 Å². The van der Waals surface area contributed by atoms with Gasteiger partial charge in [0.2, 0.25) is 5.91 Å². The molecule has 2 aromatic rings. The summed E-state index contributed by atoms with van der Waals surface area (Å²) >= 11 is 3.37. The normalized spacial score (nSPS) is 18.0. The highest BCUT2D eigenvalue weighted by Crippen LogP contribution is 2.30. The van der Waals surface area contributed by atoms with E-state index in [0.29, 0.717) is 23.0 Å². The van der Waals surface area contributed by atoms with E-state index < -0.39 is 0 Å². The number of amides is 2. The van der Waals surface area contributed by atoms with Crippen LogP contribution >= 0.6 is 15.9 Å². The summed E-state index contributed by atoms with van der Waals surface area (Å²) in [6, 6.07) is 17.1. The largest absolute Gasteiger partial charge is 0.278 e. The highest BCUT2D eigenvalue weighted by atomic mass is 79.9. The lowest BCUT2D eigenvalue weighted by atomic mass is 9.98. The van der Waals surface area contributed by atoms with Crippen LogP contribution < -0.4 is 0 Å². The first-order valence-corrected chi connectivity index (χ1v) is 7.60. The van der Waals surface area contributed by atoms with Crippen LogP contribution in [0.15, 0.2) is 59.1 Å². The Bertz CT molecular complexity index is 684. The molecule has 21 heavy (non-hydrogen) atoms. The number of carbonyl (C=O) groups excluding carboxylic acids is 2. The fraction of sp³-hybridized carbons (Fsp3) is 0.176. The van der Waals surface area contributed by atoms with Crippen LogP contribution in [0.4, 0.5) is 0 Å². The van der Waals surface area contributed by atoms with E-state index in [1.54, 1.807) is 12.1 Å². The lowest BCUT2D eigenvalue weighted by Gasteiger charge is -2.16. The van der Waals surface area contributed by atoms with E-state index in [-0.39, 0.29) is 17.7 Å². The van der Waals surface area contributed by atoms with Gasteiger partial charge in [0.15, 0.2) is 0 Å². The number of halogens is 1. The van der Waals surface area contributed by atoms with Crippen molar-refractivity contribution in [2.24, 2.45) is 0 Å². The third kappa shape index (κ3) is 2.76. The van der Waals surface area contributed by atoms with Crippen molar-refractivity contribution in [1.29, 1.82) is 0 Å². The molecule has 0 bridgehead atoms. The molecule has 1 fully saturated rings. The molecule has 0 unspecified atom stereocenters. The number of imide groups is 1. The SMILES string of the molecule is O=C1C[C@H](c2ccccc2)CN1C(=O)c1ccccc1Br. The average Bonchev–Trinajstić information content (AvgIpc) is 2.90. The predicted molar refractivity (Wildman–Crippen MR) is 84.0 cm³/mol. The summed E-state index contributed by atoms with van der Waals surface area (Å²) in [5, 5.41) is 0. The number of rotatable bonds is 2. The Morgan fingerprint density at radius 3 is 2.43 bits per heavy atom. The first-order chi connectivity index (χ1) is 10.2. The first kappa shape index (κ1) is 14.0. The molecule has 106 valence electrons. The fourth-order valence-electron chi connectivity index (χ4n) is 2.63. The highest BCUT2D eigenvalue weighted by molar-refractivity contribution is 9.10. The third-order valence-electron chi connectivity index (χ3n) is 3.75. The Kier molecular flexibility index (Phi) is 3.88. The smallest absolute Gasteiger partial charge is 0.261 e. The minimum absolute atomic E-state index is 0.0881. The molecule has 0 N–H and O–H groups in total. The number of hydrogen-bond donors (Lipinski definition) is 0. The van der Waals surface area contributed by atoms with Crippen LogP contribution in [0.5, 0.6) is 0 Å². The molecule has 0 aromatic heterocycles. The maximum atomic E-state index is 12.5. The van der Waals surface area contributed by atoms with Crippen molar-refractivity contribution in [2.45, 2.75) is 12.3 Å².